The van der Waals surface area contributed by atoms with Gasteiger partial charge in [-0.15, -0.1) is 0 Å². The molecule has 8 heteroatoms. The molecule has 0 spiro atoms. The van der Waals surface area contributed by atoms with Gasteiger partial charge < -0.3 is 9.64 Å². The lowest BCUT2D eigenvalue weighted by molar-refractivity contribution is 0.0241. The van der Waals surface area contributed by atoms with E-state index in [-0.39, 0.29) is 6.09 Å². The molecule has 29 heavy (non-hydrogen) atoms. The highest BCUT2D eigenvalue weighted by molar-refractivity contribution is 7.89. The van der Waals surface area contributed by atoms with Gasteiger partial charge in [-0.25, -0.2) is 17.5 Å². The number of hydrogen-bond donors (Lipinski definition) is 0. The molecule has 1 aliphatic heterocycles. The van der Waals surface area contributed by atoms with Gasteiger partial charge in [0.15, 0.2) is 0 Å². The molecule has 0 N–H and O–H groups in total. The molecule has 1 aromatic rings. The number of sulfonamides is 1. The van der Waals surface area contributed by atoms with Gasteiger partial charge in [-0.05, 0) is 63.8 Å². The van der Waals surface area contributed by atoms with Crippen LogP contribution in [-0.4, -0.2) is 75.0 Å². The van der Waals surface area contributed by atoms with Gasteiger partial charge in [0.05, 0.1) is 4.90 Å². The first-order valence-corrected chi connectivity index (χ1v) is 11.5. The summed E-state index contributed by atoms with van der Waals surface area (Å²) in [6.45, 7) is 8.79. The fourth-order valence-corrected chi connectivity index (χ4v) is 4.49. The van der Waals surface area contributed by atoms with Gasteiger partial charge in [-0.3, -0.25) is 4.90 Å². The summed E-state index contributed by atoms with van der Waals surface area (Å²) in [4.78, 5) is 16.5. The molecule has 1 fully saturated rings. The van der Waals surface area contributed by atoms with Crippen molar-refractivity contribution in [2.45, 2.75) is 50.7 Å². The molecule has 7 nitrogen and oxygen atoms in total. The number of carbonyl (C=O) groups is 1. The Morgan fingerprint density at radius 3 is 2.55 bits per heavy atom. The van der Waals surface area contributed by atoms with Crippen molar-refractivity contribution >= 4 is 16.1 Å². The number of amides is 1. The van der Waals surface area contributed by atoms with Crippen molar-refractivity contribution in [2.24, 2.45) is 5.92 Å². The smallest absolute Gasteiger partial charge is 0.410 e. The highest BCUT2D eigenvalue weighted by atomic mass is 32.2. The topological polar surface area (TPSA) is 70.2 Å². The molecule has 1 aromatic carbocycles. The highest BCUT2D eigenvalue weighted by Gasteiger charge is 2.26. The van der Waals surface area contributed by atoms with Crippen LogP contribution in [0.15, 0.2) is 29.2 Å². The van der Waals surface area contributed by atoms with Crippen LogP contribution in [0.5, 0.6) is 0 Å². The summed E-state index contributed by atoms with van der Waals surface area (Å²) in [6.07, 6.45) is 1.83. The van der Waals surface area contributed by atoms with Gasteiger partial charge in [-0.1, -0.05) is 12.1 Å². The summed E-state index contributed by atoms with van der Waals surface area (Å²) >= 11 is 0. The van der Waals surface area contributed by atoms with E-state index in [4.69, 9.17) is 4.74 Å². The second-order valence-corrected chi connectivity index (χ2v) is 11.2. The van der Waals surface area contributed by atoms with Crippen LogP contribution in [0.3, 0.4) is 0 Å². The minimum absolute atomic E-state index is 0.295. The summed E-state index contributed by atoms with van der Waals surface area (Å²) in [5.41, 5.74) is 0.482. The summed E-state index contributed by atoms with van der Waals surface area (Å²) in [7, 11) is 1.43. The van der Waals surface area contributed by atoms with Gasteiger partial charge in [0, 0.05) is 40.8 Å². The zero-order chi connectivity index (χ0) is 21.8. The largest absolute Gasteiger partial charge is 0.444 e. The van der Waals surface area contributed by atoms with Crippen LogP contribution in [0.4, 0.5) is 4.79 Å². The number of carbonyl (C=O) groups excluding carboxylic acids is 1. The predicted molar refractivity (Wildman–Crippen MR) is 114 cm³/mol. The Kier molecular flexibility index (Phi) is 7.70. The third-order valence-corrected chi connectivity index (χ3v) is 6.73. The van der Waals surface area contributed by atoms with E-state index in [1.54, 1.807) is 44.2 Å². The first kappa shape index (κ1) is 23.6. The molecular formula is C21H35N3O4S. The SMILES string of the molecule is CN(CC1CCCN(Cc2cccc(S(=O)(=O)N(C)C)c2)C1)C(=O)OC(C)(C)C. The molecular weight excluding hydrogens is 390 g/mol. The maximum Gasteiger partial charge on any atom is 0.410 e. The lowest BCUT2D eigenvalue weighted by Gasteiger charge is -2.35. The highest BCUT2D eigenvalue weighted by Crippen LogP contribution is 2.22. The first-order chi connectivity index (χ1) is 13.4. The van der Waals surface area contributed by atoms with E-state index >= 15 is 0 Å². The minimum atomic E-state index is -3.43. The van der Waals surface area contributed by atoms with Crippen LogP contribution in [0.1, 0.15) is 39.2 Å². The molecule has 1 heterocycles. The normalized spacial score (nSPS) is 18.7. The van der Waals surface area contributed by atoms with Crippen molar-refractivity contribution < 1.29 is 17.9 Å². The van der Waals surface area contributed by atoms with Crippen LogP contribution < -0.4 is 0 Å². The Morgan fingerprint density at radius 2 is 1.93 bits per heavy atom. The molecule has 1 atom stereocenters. The van der Waals surface area contributed by atoms with E-state index in [0.29, 0.717) is 23.9 Å². The van der Waals surface area contributed by atoms with Gasteiger partial charge >= 0.3 is 6.09 Å². The Bertz CT molecular complexity index is 802. The summed E-state index contributed by atoms with van der Waals surface area (Å²) < 4.78 is 31.4. The van der Waals surface area contributed by atoms with E-state index in [2.05, 4.69) is 4.90 Å². The number of benzene rings is 1. The van der Waals surface area contributed by atoms with Crippen molar-refractivity contribution in [1.82, 2.24) is 14.1 Å². The van der Waals surface area contributed by atoms with Crippen LogP contribution in [-0.2, 0) is 21.3 Å². The van der Waals surface area contributed by atoms with E-state index in [0.717, 1.165) is 31.5 Å². The van der Waals surface area contributed by atoms with Crippen LogP contribution in [0, 0.1) is 5.92 Å². The number of rotatable bonds is 6. The molecule has 2 rings (SSSR count). The zero-order valence-corrected chi connectivity index (χ0v) is 19.3. The zero-order valence-electron chi connectivity index (χ0n) is 18.5. The molecule has 0 aliphatic carbocycles. The van der Waals surface area contributed by atoms with Gasteiger partial charge in [0.25, 0.3) is 0 Å². The first-order valence-electron chi connectivity index (χ1n) is 10.1. The van der Waals surface area contributed by atoms with E-state index in [1.807, 2.05) is 26.8 Å². The third-order valence-electron chi connectivity index (χ3n) is 4.92. The van der Waals surface area contributed by atoms with Crippen LogP contribution in [0.2, 0.25) is 0 Å². The maximum atomic E-state index is 12.4. The second kappa shape index (κ2) is 9.45. The quantitative estimate of drug-likeness (QED) is 0.701. The fraction of sp³-hybridized carbons (Fsp3) is 0.667. The standard InChI is InChI=1S/C21H35N3O4S/c1-21(2,3)28-20(25)23(6)14-18-10-8-12-24(16-18)15-17-9-7-11-19(13-17)29(26,27)22(4)5/h7,9,11,13,18H,8,10,12,14-16H2,1-6H3. The Balaban J connectivity index is 1.97. The lowest BCUT2D eigenvalue weighted by atomic mass is 9.97. The predicted octanol–water partition coefficient (Wildman–Crippen LogP) is 3.02. The molecule has 0 radical (unpaired) electrons. The molecule has 164 valence electrons. The van der Waals surface area contributed by atoms with Crippen molar-refractivity contribution in [3.63, 3.8) is 0 Å². The number of hydrogen-bond acceptors (Lipinski definition) is 5. The van der Waals surface area contributed by atoms with Crippen LogP contribution in [0.25, 0.3) is 0 Å². The molecule has 0 saturated carbocycles. The molecule has 1 aliphatic rings. The average Bonchev–Trinajstić information content (AvgIpc) is 2.60. The van der Waals surface area contributed by atoms with Crippen molar-refractivity contribution in [3.8, 4) is 0 Å². The monoisotopic (exact) mass is 425 g/mol. The molecule has 1 amide bonds. The molecule has 1 unspecified atom stereocenters. The Morgan fingerprint density at radius 1 is 1.24 bits per heavy atom. The number of nitrogens with zero attached hydrogens (tertiary/aromatic N) is 3. The van der Waals surface area contributed by atoms with Gasteiger partial charge in [0.2, 0.25) is 10.0 Å². The number of piperidine rings is 1. The Labute approximate surface area is 175 Å². The third kappa shape index (κ3) is 6.97. The van der Waals surface area contributed by atoms with Crippen LogP contribution >= 0.6 is 0 Å². The van der Waals surface area contributed by atoms with E-state index in [1.165, 1.54) is 4.31 Å². The van der Waals surface area contributed by atoms with Crippen molar-refractivity contribution in [3.05, 3.63) is 29.8 Å². The van der Waals surface area contributed by atoms with E-state index in [9.17, 15) is 13.2 Å². The fourth-order valence-electron chi connectivity index (χ4n) is 3.52. The van der Waals surface area contributed by atoms with Gasteiger partial charge in [-0.2, -0.15) is 0 Å². The van der Waals surface area contributed by atoms with E-state index < -0.39 is 15.6 Å². The summed E-state index contributed by atoms with van der Waals surface area (Å²) in [6, 6.07) is 7.15. The Hall–Kier alpha value is -1.64. The minimum Gasteiger partial charge on any atom is -0.444 e. The number of likely N-dealkylation sites (tertiary alicyclic amines) is 1. The van der Waals surface area contributed by atoms with Crippen molar-refractivity contribution in [1.29, 1.82) is 0 Å². The van der Waals surface area contributed by atoms with Gasteiger partial charge in [0.1, 0.15) is 5.60 Å². The van der Waals surface area contributed by atoms with Crippen molar-refractivity contribution in [2.75, 3.05) is 40.8 Å². The number of ether oxygens (including phenoxy) is 1. The molecule has 0 bridgehead atoms. The average molecular weight is 426 g/mol. The summed E-state index contributed by atoms with van der Waals surface area (Å²) in [5, 5.41) is 0. The maximum absolute atomic E-state index is 12.4. The summed E-state index contributed by atoms with van der Waals surface area (Å²) in [5.74, 6) is 0.370. The molecule has 1 saturated heterocycles. The lowest BCUT2D eigenvalue weighted by Crippen LogP contribution is -2.42. The molecule has 0 aromatic heterocycles. The second-order valence-electron chi connectivity index (χ2n) is 9.04.